The molecule has 1 aliphatic carbocycles. The predicted molar refractivity (Wildman–Crippen MR) is 89.8 cm³/mol. The molecule has 0 amide bonds. The van der Waals surface area contributed by atoms with Gasteiger partial charge in [-0.2, -0.15) is 0 Å². The standard InChI is InChI=1S/C20H25N/c1-3-13-21(2)18-14-17-11-7-8-12-19(17)20(15-18)16-9-5-4-6-10-16/h4-12,18,20H,3,13-15H2,1-2H3. The summed E-state index contributed by atoms with van der Waals surface area (Å²) in [5.41, 5.74) is 4.52. The average Bonchev–Trinajstić information content (AvgIpc) is 2.55. The Morgan fingerprint density at radius 1 is 1.00 bits per heavy atom. The molecule has 0 saturated carbocycles. The van der Waals surface area contributed by atoms with Crippen molar-refractivity contribution in [3.63, 3.8) is 0 Å². The monoisotopic (exact) mass is 279 g/mol. The van der Waals surface area contributed by atoms with Crippen molar-refractivity contribution in [2.24, 2.45) is 0 Å². The summed E-state index contributed by atoms with van der Waals surface area (Å²) in [5, 5.41) is 0. The first-order chi connectivity index (χ1) is 10.3. The van der Waals surface area contributed by atoms with E-state index in [2.05, 4.69) is 73.5 Å². The molecule has 0 radical (unpaired) electrons. The molecule has 0 spiro atoms. The van der Waals surface area contributed by atoms with Crippen molar-refractivity contribution in [1.29, 1.82) is 0 Å². The van der Waals surface area contributed by atoms with Crippen LogP contribution in [-0.4, -0.2) is 24.5 Å². The zero-order valence-electron chi connectivity index (χ0n) is 13.1. The first-order valence-corrected chi connectivity index (χ1v) is 8.12. The van der Waals surface area contributed by atoms with Crippen LogP contribution in [-0.2, 0) is 6.42 Å². The highest BCUT2D eigenvalue weighted by Gasteiger charge is 2.29. The molecule has 110 valence electrons. The van der Waals surface area contributed by atoms with E-state index in [1.165, 1.54) is 42.5 Å². The van der Waals surface area contributed by atoms with E-state index in [9.17, 15) is 0 Å². The van der Waals surface area contributed by atoms with Crippen LogP contribution in [0.5, 0.6) is 0 Å². The van der Waals surface area contributed by atoms with Gasteiger partial charge in [0.1, 0.15) is 0 Å². The summed E-state index contributed by atoms with van der Waals surface area (Å²) >= 11 is 0. The lowest BCUT2D eigenvalue weighted by atomic mass is 9.76. The smallest absolute Gasteiger partial charge is 0.0142 e. The minimum atomic E-state index is 0.542. The zero-order chi connectivity index (χ0) is 14.7. The van der Waals surface area contributed by atoms with Gasteiger partial charge in [0.15, 0.2) is 0 Å². The van der Waals surface area contributed by atoms with E-state index in [-0.39, 0.29) is 0 Å². The van der Waals surface area contributed by atoms with Crippen LogP contribution in [0.25, 0.3) is 0 Å². The fourth-order valence-electron chi connectivity index (χ4n) is 3.67. The maximum absolute atomic E-state index is 2.55. The molecule has 2 aromatic carbocycles. The van der Waals surface area contributed by atoms with E-state index < -0.39 is 0 Å². The van der Waals surface area contributed by atoms with Gasteiger partial charge in [-0.25, -0.2) is 0 Å². The van der Waals surface area contributed by atoms with Gasteiger partial charge in [0, 0.05) is 12.0 Å². The lowest BCUT2D eigenvalue weighted by Gasteiger charge is -2.37. The highest BCUT2D eigenvalue weighted by Crippen LogP contribution is 2.37. The second-order valence-corrected chi connectivity index (χ2v) is 6.24. The third-order valence-corrected chi connectivity index (χ3v) is 4.80. The lowest BCUT2D eigenvalue weighted by molar-refractivity contribution is 0.215. The van der Waals surface area contributed by atoms with Crippen LogP contribution < -0.4 is 0 Å². The molecule has 1 nitrogen and oxygen atoms in total. The first-order valence-electron chi connectivity index (χ1n) is 8.12. The van der Waals surface area contributed by atoms with Crippen molar-refractivity contribution in [2.45, 2.75) is 38.1 Å². The average molecular weight is 279 g/mol. The van der Waals surface area contributed by atoms with Gasteiger partial charge in [-0.05, 0) is 49.5 Å². The van der Waals surface area contributed by atoms with Crippen molar-refractivity contribution in [2.75, 3.05) is 13.6 Å². The van der Waals surface area contributed by atoms with Gasteiger partial charge < -0.3 is 4.90 Å². The van der Waals surface area contributed by atoms with E-state index in [4.69, 9.17) is 0 Å². The van der Waals surface area contributed by atoms with Crippen LogP contribution in [0.15, 0.2) is 54.6 Å². The molecule has 2 aromatic rings. The highest BCUT2D eigenvalue weighted by atomic mass is 15.1. The van der Waals surface area contributed by atoms with Gasteiger partial charge in [0.2, 0.25) is 0 Å². The van der Waals surface area contributed by atoms with Crippen LogP contribution in [0, 0.1) is 0 Å². The molecule has 1 heteroatoms. The molecule has 0 heterocycles. The van der Waals surface area contributed by atoms with E-state index in [1.54, 1.807) is 0 Å². The molecule has 2 unspecified atom stereocenters. The van der Waals surface area contributed by atoms with E-state index in [1.807, 2.05) is 0 Å². The van der Waals surface area contributed by atoms with E-state index in [0.29, 0.717) is 12.0 Å². The normalized spacial score (nSPS) is 21.3. The molecule has 0 bridgehead atoms. The Bertz CT molecular complexity index is 575. The Labute approximate surface area is 128 Å². The summed E-state index contributed by atoms with van der Waals surface area (Å²) in [5.74, 6) is 0.542. The highest BCUT2D eigenvalue weighted by molar-refractivity contribution is 5.40. The SMILES string of the molecule is CCCN(C)C1Cc2ccccc2C(c2ccccc2)C1. The van der Waals surface area contributed by atoms with Gasteiger partial charge >= 0.3 is 0 Å². The molecular formula is C20H25N. The Morgan fingerprint density at radius 2 is 1.71 bits per heavy atom. The van der Waals surface area contributed by atoms with Crippen LogP contribution in [0.3, 0.4) is 0 Å². The second kappa shape index (κ2) is 6.44. The van der Waals surface area contributed by atoms with Gasteiger partial charge in [-0.1, -0.05) is 61.5 Å². The number of likely N-dealkylation sites (N-methyl/N-ethyl adjacent to an activating group) is 1. The number of rotatable bonds is 4. The fourth-order valence-corrected chi connectivity index (χ4v) is 3.67. The molecule has 21 heavy (non-hydrogen) atoms. The number of benzene rings is 2. The van der Waals surface area contributed by atoms with Crippen molar-refractivity contribution in [1.82, 2.24) is 4.90 Å². The van der Waals surface area contributed by atoms with Crippen molar-refractivity contribution < 1.29 is 0 Å². The van der Waals surface area contributed by atoms with E-state index >= 15 is 0 Å². The van der Waals surface area contributed by atoms with Gasteiger partial charge in [-0.3, -0.25) is 0 Å². The Kier molecular flexibility index (Phi) is 4.40. The summed E-state index contributed by atoms with van der Waals surface area (Å²) in [6.07, 6.45) is 3.65. The van der Waals surface area contributed by atoms with Crippen molar-refractivity contribution >= 4 is 0 Å². The minimum absolute atomic E-state index is 0.542. The molecular weight excluding hydrogens is 254 g/mol. The molecule has 0 aliphatic heterocycles. The van der Waals surface area contributed by atoms with Crippen molar-refractivity contribution in [3.05, 3.63) is 71.3 Å². The third kappa shape index (κ3) is 3.03. The minimum Gasteiger partial charge on any atom is -0.303 e. The number of hydrogen-bond acceptors (Lipinski definition) is 1. The van der Waals surface area contributed by atoms with Crippen molar-refractivity contribution in [3.8, 4) is 0 Å². The van der Waals surface area contributed by atoms with Crippen LogP contribution in [0.2, 0.25) is 0 Å². The fraction of sp³-hybridized carbons (Fsp3) is 0.400. The molecule has 0 N–H and O–H groups in total. The molecule has 1 aliphatic rings. The maximum Gasteiger partial charge on any atom is 0.0142 e. The largest absolute Gasteiger partial charge is 0.303 e. The number of fused-ring (bicyclic) bond motifs is 1. The molecule has 3 rings (SSSR count). The Hall–Kier alpha value is -1.60. The van der Waals surface area contributed by atoms with Crippen LogP contribution in [0.1, 0.15) is 42.4 Å². The number of nitrogens with zero attached hydrogens (tertiary/aromatic N) is 1. The lowest BCUT2D eigenvalue weighted by Crippen LogP contribution is -2.38. The van der Waals surface area contributed by atoms with Gasteiger partial charge in [0.25, 0.3) is 0 Å². The summed E-state index contributed by atoms with van der Waals surface area (Å²) < 4.78 is 0. The Morgan fingerprint density at radius 3 is 2.48 bits per heavy atom. The molecule has 0 saturated heterocycles. The summed E-state index contributed by atoms with van der Waals surface area (Å²) in [7, 11) is 2.28. The third-order valence-electron chi connectivity index (χ3n) is 4.80. The van der Waals surface area contributed by atoms with Crippen LogP contribution in [0.4, 0.5) is 0 Å². The maximum atomic E-state index is 2.55. The molecule has 0 fully saturated rings. The van der Waals surface area contributed by atoms with Gasteiger partial charge in [0.05, 0.1) is 0 Å². The predicted octanol–water partition coefficient (Wildman–Crippen LogP) is 4.48. The molecule has 2 atom stereocenters. The molecule has 0 aromatic heterocycles. The second-order valence-electron chi connectivity index (χ2n) is 6.24. The Balaban J connectivity index is 1.95. The van der Waals surface area contributed by atoms with Gasteiger partial charge in [-0.15, -0.1) is 0 Å². The quantitative estimate of drug-likeness (QED) is 0.798. The van der Waals surface area contributed by atoms with Crippen LogP contribution >= 0.6 is 0 Å². The summed E-state index contributed by atoms with van der Waals surface area (Å²) in [6.45, 7) is 3.45. The van der Waals surface area contributed by atoms with E-state index in [0.717, 1.165) is 0 Å². The summed E-state index contributed by atoms with van der Waals surface area (Å²) in [4.78, 5) is 2.55. The first kappa shape index (κ1) is 14.3. The number of hydrogen-bond donors (Lipinski definition) is 0. The zero-order valence-corrected chi connectivity index (χ0v) is 13.1. The topological polar surface area (TPSA) is 3.24 Å². The summed E-state index contributed by atoms with van der Waals surface area (Å²) in [6, 6.07) is 20.7.